The first kappa shape index (κ1) is 17.4. The van der Waals surface area contributed by atoms with E-state index in [0.29, 0.717) is 17.5 Å². The number of fused-ring (bicyclic) bond motifs is 2. The molecule has 1 aromatic heterocycles. The van der Waals surface area contributed by atoms with Crippen LogP contribution in [-0.4, -0.2) is 47.1 Å². The van der Waals surface area contributed by atoms with Crippen molar-refractivity contribution in [2.75, 3.05) is 36.4 Å². The molecular weight excluding hydrogens is 357 g/mol. The smallest absolute Gasteiger partial charge is 0.321 e. The summed E-state index contributed by atoms with van der Waals surface area (Å²) in [6, 6.07) is 5.78. The second-order valence-corrected chi connectivity index (χ2v) is 8.14. The van der Waals surface area contributed by atoms with Crippen molar-refractivity contribution >= 4 is 17.5 Å². The van der Waals surface area contributed by atoms with Crippen LogP contribution in [0.25, 0.3) is 0 Å². The van der Waals surface area contributed by atoms with Gasteiger partial charge in [-0.1, -0.05) is 0 Å². The summed E-state index contributed by atoms with van der Waals surface area (Å²) in [4.78, 5) is 26.2. The van der Waals surface area contributed by atoms with Gasteiger partial charge in [-0.05, 0) is 50.5 Å². The Morgan fingerprint density at radius 3 is 2.50 bits per heavy atom. The molecule has 2 atom stereocenters. The zero-order valence-electron chi connectivity index (χ0n) is 16.0. The number of benzene rings is 1. The third kappa shape index (κ3) is 3.08. The van der Waals surface area contributed by atoms with Gasteiger partial charge in [0.1, 0.15) is 17.5 Å². The molecular formula is C21H24FN5O. The Labute approximate surface area is 163 Å². The standard InChI is InChI=1S/C21H24FN5O/c1-13-23-19-4-2-3-18(19)20(24-13)26-9-14-11-27(12-15(14)10-26)21(28)25-17-7-5-16(22)6-8-17/h5-8,14-15H,2-4,9-12H2,1H3,(H,25,28). The molecule has 5 rings (SSSR count). The minimum Gasteiger partial charge on any atom is -0.356 e. The van der Waals surface area contributed by atoms with Crippen molar-refractivity contribution in [1.82, 2.24) is 14.9 Å². The van der Waals surface area contributed by atoms with Crippen LogP contribution >= 0.6 is 0 Å². The Balaban J connectivity index is 1.24. The lowest BCUT2D eigenvalue weighted by atomic mass is 10.0. The van der Waals surface area contributed by atoms with Gasteiger partial charge in [-0.15, -0.1) is 0 Å². The fourth-order valence-corrected chi connectivity index (χ4v) is 4.86. The Morgan fingerprint density at radius 2 is 1.79 bits per heavy atom. The number of hydrogen-bond donors (Lipinski definition) is 1. The normalized spacial score (nSPS) is 23.1. The maximum absolute atomic E-state index is 13.0. The van der Waals surface area contributed by atoms with E-state index in [9.17, 15) is 9.18 Å². The summed E-state index contributed by atoms with van der Waals surface area (Å²) in [5, 5.41) is 2.87. The van der Waals surface area contributed by atoms with Gasteiger partial charge in [-0.2, -0.15) is 0 Å². The number of anilines is 2. The summed E-state index contributed by atoms with van der Waals surface area (Å²) in [5.41, 5.74) is 3.17. The quantitative estimate of drug-likeness (QED) is 0.869. The zero-order chi connectivity index (χ0) is 19.3. The van der Waals surface area contributed by atoms with Gasteiger partial charge >= 0.3 is 6.03 Å². The highest BCUT2D eigenvalue weighted by Gasteiger charge is 2.42. The van der Waals surface area contributed by atoms with Crippen molar-refractivity contribution in [3.05, 3.63) is 47.2 Å². The second kappa shape index (κ2) is 6.72. The second-order valence-electron chi connectivity index (χ2n) is 8.14. The van der Waals surface area contributed by atoms with Crippen LogP contribution in [0.3, 0.4) is 0 Å². The van der Waals surface area contributed by atoms with Gasteiger partial charge in [-0.25, -0.2) is 19.2 Å². The maximum atomic E-state index is 13.0. The van der Waals surface area contributed by atoms with Gasteiger partial charge in [-0.3, -0.25) is 0 Å². The van der Waals surface area contributed by atoms with Crippen molar-refractivity contribution in [2.45, 2.75) is 26.2 Å². The predicted molar refractivity (Wildman–Crippen MR) is 105 cm³/mol. The van der Waals surface area contributed by atoms with Crippen LogP contribution < -0.4 is 10.2 Å². The number of likely N-dealkylation sites (tertiary alicyclic amines) is 1. The summed E-state index contributed by atoms with van der Waals surface area (Å²) in [5.74, 6) is 2.60. The lowest BCUT2D eigenvalue weighted by molar-refractivity contribution is 0.219. The molecule has 28 heavy (non-hydrogen) atoms. The largest absolute Gasteiger partial charge is 0.356 e. The predicted octanol–water partition coefficient (Wildman–Crippen LogP) is 3.01. The van der Waals surface area contributed by atoms with Gasteiger partial charge in [0.2, 0.25) is 0 Å². The summed E-state index contributed by atoms with van der Waals surface area (Å²) in [7, 11) is 0. The minimum absolute atomic E-state index is 0.105. The molecule has 1 N–H and O–H groups in total. The molecule has 2 fully saturated rings. The number of halogens is 1. The van der Waals surface area contributed by atoms with Gasteiger partial charge in [0.05, 0.1) is 0 Å². The molecule has 6 nitrogen and oxygen atoms in total. The number of rotatable bonds is 2. The molecule has 7 heteroatoms. The molecule has 0 radical (unpaired) electrons. The van der Waals surface area contributed by atoms with Gasteiger partial charge in [0.15, 0.2) is 0 Å². The summed E-state index contributed by atoms with van der Waals surface area (Å²) >= 11 is 0. The van der Waals surface area contributed by atoms with Crippen molar-refractivity contribution in [3.8, 4) is 0 Å². The molecule has 0 bridgehead atoms. The average Bonchev–Trinajstić information content (AvgIpc) is 3.36. The number of urea groups is 1. The molecule has 3 aliphatic rings. The topological polar surface area (TPSA) is 61.4 Å². The van der Waals surface area contributed by atoms with Gasteiger partial charge < -0.3 is 15.1 Å². The number of nitrogens with one attached hydrogen (secondary N) is 1. The molecule has 0 spiro atoms. The van der Waals surface area contributed by atoms with Crippen LogP contribution in [0.15, 0.2) is 24.3 Å². The van der Waals surface area contributed by atoms with E-state index in [1.807, 2.05) is 11.8 Å². The highest BCUT2D eigenvalue weighted by Crippen LogP contribution is 2.37. The van der Waals surface area contributed by atoms with Crippen molar-refractivity contribution in [3.63, 3.8) is 0 Å². The van der Waals surface area contributed by atoms with Crippen molar-refractivity contribution < 1.29 is 9.18 Å². The fraction of sp³-hybridized carbons (Fsp3) is 0.476. The molecule has 0 saturated carbocycles. The monoisotopic (exact) mass is 381 g/mol. The molecule has 2 unspecified atom stereocenters. The van der Waals surface area contributed by atoms with Gasteiger partial charge in [0, 0.05) is 55.0 Å². The van der Waals surface area contributed by atoms with Crippen molar-refractivity contribution in [1.29, 1.82) is 0 Å². The summed E-state index contributed by atoms with van der Waals surface area (Å²) in [6.45, 7) is 5.35. The number of aromatic nitrogens is 2. The molecule has 146 valence electrons. The summed E-state index contributed by atoms with van der Waals surface area (Å²) < 4.78 is 13.0. The maximum Gasteiger partial charge on any atom is 0.321 e. The SMILES string of the molecule is Cc1nc2c(c(N3CC4CN(C(=O)Nc5ccc(F)cc5)CC4C3)n1)CCC2. The first-order valence-electron chi connectivity index (χ1n) is 9.99. The van der Waals surface area contributed by atoms with E-state index in [0.717, 1.165) is 50.7 Å². The van der Waals surface area contributed by atoms with Gasteiger partial charge in [0.25, 0.3) is 0 Å². The number of carbonyl (C=O) groups is 1. The van der Waals surface area contributed by atoms with Crippen LogP contribution in [0.2, 0.25) is 0 Å². The summed E-state index contributed by atoms with van der Waals surface area (Å²) in [6.07, 6.45) is 3.30. The number of carbonyl (C=O) groups excluding carboxylic acids is 1. The van der Waals surface area contributed by atoms with Crippen LogP contribution in [0.1, 0.15) is 23.5 Å². The Bertz CT molecular complexity index is 902. The Hall–Kier alpha value is -2.70. The first-order chi connectivity index (χ1) is 13.6. The molecule has 2 amide bonds. The Kier molecular flexibility index (Phi) is 4.18. The third-order valence-electron chi connectivity index (χ3n) is 6.19. The highest BCUT2D eigenvalue weighted by molar-refractivity contribution is 5.89. The van der Waals surface area contributed by atoms with E-state index in [4.69, 9.17) is 4.98 Å². The number of aryl methyl sites for hydroxylation is 2. The number of amides is 2. The molecule has 1 aromatic carbocycles. The van der Waals surface area contributed by atoms with E-state index in [-0.39, 0.29) is 11.8 Å². The van der Waals surface area contributed by atoms with Crippen LogP contribution in [0.4, 0.5) is 20.7 Å². The van der Waals surface area contributed by atoms with E-state index >= 15 is 0 Å². The van der Waals surface area contributed by atoms with Crippen molar-refractivity contribution in [2.24, 2.45) is 11.8 Å². The van der Waals surface area contributed by atoms with E-state index in [1.54, 1.807) is 12.1 Å². The lowest BCUT2D eigenvalue weighted by Gasteiger charge is -2.24. The fourth-order valence-electron chi connectivity index (χ4n) is 4.86. The zero-order valence-corrected chi connectivity index (χ0v) is 16.0. The van der Waals surface area contributed by atoms with E-state index < -0.39 is 0 Å². The van der Waals surface area contributed by atoms with Crippen LogP contribution in [-0.2, 0) is 12.8 Å². The first-order valence-corrected chi connectivity index (χ1v) is 9.99. The molecule has 2 aliphatic heterocycles. The van der Waals surface area contributed by atoms with E-state index in [1.165, 1.54) is 29.8 Å². The number of hydrogen-bond acceptors (Lipinski definition) is 4. The van der Waals surface area contributed by atoms with E-state index in [2.05, 4.69) is 15.2 Å². The molecule has 2 aromatic rings. The van der Waals surface area contributed by atoms with Crippen LogP contribution in [0.5, 0.6) is 0 Å². The number of nitrogens with zero attached hydrogens (tertiary/aromatic N) is 4. The molecule has 3 heterocycles. The minimum atomic E-state index is -0.305. The molecule has 1 aliphatic carbocycles. The average molecular weight is 381 g/mol. The third-order valence-corrected chi connectivity index (χ3v) is 6.19. The Morgan fingerprint density at radius 1 is 1.07 bits per heavy atom. The highest BCUT2D eigenvalue weighted by atomic mass is 19.1. The van der Waals surface area contributed by atoms with Crippen LogP contribution in [0, 0.1) is 24.6 Å². The lowest BCUT2D eigenvalue weighted by Crippen LogP contribution is -2.36. The molecule has 2 saturated heterocycles.